The van der Waals surface area contributed by atoms with Crippen molar-refractivity contribution in [2.75, 3.05) is 11.9 Å². The van der Waals surface area contributed by atoms with Crippen LogP contribution in [0.1, 0.15) is 12.8 Å². The first-order valence-corrected chi connectivity index (χ1v) is 11.6. The summed E-state index contributed by atoms with van der Waals surface area (Å²) in [5.74, 6) is -0.272. The van der Waals surface area contributed by atoms with E-state index in [0.717, 1.165) is 4.47 Å². The van der Waals surface area contributed by atoms with Crippen molar-refractivity contribution in [3.05, 3.63) is 58.0 Å². The molecule has 1 atom stereocenters. The van der Waals surface area contributed by atoms with Crippen LogP contribution in [0.4, 0.5) is 6.01 Å². The summed E-state index contributed by atoms with van der Waals surface area (Å²) in [4.78, 5) is 12.9. The van der Waals surface area contributed by atoms with Gasteiger partial charge >= 0.3 is 6.01 Å². The molecule has 1 aliphatic heterocycles. The molecule has 1 saturated heterocycles. The Morgan fingerprint density at radius 3 is 2.53 bits per heavy atom. The lowest BCUT2D eigenvalue weighted by atomic mass is 10.2. The van der Waals surface area contributed by atoms with Gasteiger partial charge in [0, 0.05) is 21.6 Å². The highest BCUT2D eigenvalue weighted by Gasteiger charge is 2.39. The van der Waals surface area contributed by atoms with Crippen LogP contribution in [0.5, 0.6) is 0 Å². The zero-order chi connectivity index (χ0) is 21.3. The molecule has 8 nitrogen and oxygen atoms in total. The molecule has 4 rings (SSSR count). The number of nitrogens with one attached hydrogen (secondary N) is 1. The van der Waals surface area contributed by atoms with Crippen LogP contribution in [-0.4, -0.2) is 41.4 Å². The van der Waals surface area contributed by atoms with E-state index in [2.05, 4.69) is 31.4 Å². The Hall–Kier alpha value is -2.27. The number of halogens is 2. The third-order valence-electron chi connectivity index (χ3n) is 4.67. The molecule has 0 radical (unpaired) electrons. The van der Waals surface area contributed by atoms with Crippen molar-refractivity contribution < 1.29 is 17.6 Å². The van der Waals surface area contributed by atoms with E-state index < -0.39 is 22.0 Å². The SMILES string of the molecule is O=C(Nc1nnc(-c2ccc(Br)cc2)o1)C1CCCN1S(=O)(=O)c1ccc(Cl)cc1. The molecular weight excluding hydrogens is 496 g/mol. The fraction of sp³-hybridized carbons (Fsp3) is 0.211. The standard InChI is InChI=1S/C19H16BrClN4O4S/c20-13-5-3-12(4-6-13)18-23-24-19(29-18)22-17(26)16-2-1-11-25(16)30(27,28)15-9-7-14(21)8-10-15/h3-10,16H,1-2,11H2,(H,22,24,26). The van der Waals surface area contributed by atoms with Gasteiger partial charge in [0.25, 0.3) is 0 Å². The smallest absolute Gasteiger partial charge is 0.322 e. The van der Waals surface area contributed by atoms with E-state index in [1.54, 1.807) is 12.1 Å². The zero-order valence-electron chi connectivity index (χ0n) is 15.5. The summed E-state index contributed by atoms with van der Waals surface area (Å²) in [5, 5.41) is 10.7. The first-order chi connectivity index (χ1) is 14.3. The van der Waals surface area contributed by atoms with E-state index in [1.165, 1.54) is 28.6 Å². The maximum Gasteiger partial charge on any atom is 0.322 e. The van der Waals surface area contributed by atoms with Crippen LogP contribution >= 0.6 is 27.5 Å². The fourth-order valence-corrected chi connectivity index (χ4v) is 5.25. The lowest BCUT2D eigenvalue weighted by molar-refractivity contribution is -0.119. The minimum atomic E-state index is -3.84. The molecular formula is C19H16BrClN4O4S. The Morgan fingerprint density at radius 1 is 1.13 bits per heavy atom. The van der Waals surface area contributed by atoms with Crippen molar-refractivity contribution in [3.63, 3.8) is 0 Å². The van der Waals surface area contributed by atoms with E-state index in [0.29, 0.717) is 23.4 Å². The van der Waals surface area contributed by atoms with Gasteiger partial charge in [-0.3, -0.25) is 10.1 Å². The van der Waals surface area contributed by atoms with Gasteiger partial charge in [0.15, 0.2) is 0 Å². The van der Waals surface area contributed by atoms with Crippen LogP contribution in [0.15, 0.2) is 62.3 Å². The molecule has 2 heterocycles. The molecule has 0 bridgehead atoms. The summed E-state index contributed by atoms with van der Waals surface area (Å²) in [6.45, 7) is 0.247. The lowest BCUT2D eigenvalue weighted by Gasteiger charge is -2.22. The predicted octanol–water partition coefficient (Wildman–Crippen LogP) is 3.94. The summed E-state index contributed by atoms with van der Waals surface area (Å²) in [6.07, 6.45) is 0.964. The van der Waals surface area contributed by atoms with Gasteiger partial charge in [-0.2, -0.15) is 4.31 Å². The van der Waals surface area contributed by atoms with Crippen LogP contribution < -0.4 is 5.32 Å². The van der Waals surface area contributed by atoms with Gasteiger partial charge < -0.3 is 4.42 Å². The number of carbonyl (C=O) groups is 1. The number of amides is 1. The largest absolute Gasteiger partial charge is 0.403 e. The van der Waals surface area contributed by atoms with Gasteiger partial charge in [-0.15, -0.1) is 5.10 Å². The van der Waals surface area contributed by atoms with Crippen LogP contribution in [0.2, 0.25) is 5.02 Å². The minimum absolute atomic E-state index is 0.0851. The number of nitrogens with zero attached hydrogens (tertiary/aromatic N) is 3. The molecule has 1 unspecified atom stereocenters. The normalized spacial score (nSPS) is 17.2. The zero-order valence-corrected chi connectivity index (χ0v) is 18.6. The monoisotopic (exact) mass is 510 g/mol. The molecule has 156 valence electrons. The maximum absolute atomic E-state index is 13.0. The van der Waals surface area contributed by atoms with Crippen molar-refractivity contribution in [3.8, 4) is 11.5 Å². The highest BCUT2D eigenvalue weighted by atomic mass is 79.9. The molecule has 2 aromatic carbocycles. The van der Waals surface area contributed by atoms with Crippen molar-refractivity contribution in [2.45, 2.75) is 23.8 Å². The summed E-state index contributed by atoms with van der Waals surface area (Å²) in [7, 11) is -3.84. The Kier molecular flexibility index (Phi) is 5.92. The number of sulfonamides is 1. The highest BCUT2D eigenvalue weighted by Crippen LogP contribution is 2.28. The molecule has 1 aromatic heterocycles. The van der Waals surface area contributed by atoms with Gasteiger partial charge in [-0.25, -0.2) is 8.42 Å². The number of rotatable bonds is 5. The van der Waals surface area contributed by atoms with Gasteiger partial charge in [0.05, 0.1) is 4.90 Å². The number of anilines is 1. The van der Waals surface area contributed by atoms with Crippen molar-refractivity contribution >= 4 is 49.5 Å². The molecule has 0 spiro atoms. The highest BCUT2D eigenvalue weighted by molar-refractivity contribution is 9.10. The average molecular weight is 512 g/mol. The first-order valence-electron chi connectivity index (χ1n) is 9.02. The van der Waals surface area contributed by atoms with E-state index in [-0.39, 0.29) is 23.3 Å². The number of carbonyl (C=O) groups excluding carboxylic acids is 1. The minimum Gasteiger partial charge on any atom is -0.403 e. The van der Waals surface area contributed by atoms with Crippen molar-refractivity contribution in [1.29, 1.82) is 0 Å². The number of aromatic nitrogens is 2. The van der Waals surface area contributed by atoms with E-state index >= 15 is 0 Å². The molecule has 3 aromatic rings. The predicted molar refractivity (Wildman–Crippen MR) is 114 cm³/mol. The third kappa shape index (κ3) is 4.27. The van der Waals surface area contributed by atoms with E-state index in [9.17, 15) is 13.2 Å². The Balaban J connectivity index is 1.50. The molecule has 0 saturated carbocycles. The summed E-state index contributed by atoms with van der Waals surface area (Å²) in [6, 6.07) is 12.1. The fourth-order valence-electron chi connectivity index (χ4n) is 3.20. The van der Waals surface area contributed by atoms with Gasteiger partial charge in [-0.1, -0.05) is 32.6 Å². The molecule has 1 amide bonds. The number of benzene rings is 2. The molecule has 1 aliphatic rings. The number of hydrogen-bond donors (Lipinski definition) is 1. The van der Waals surface area contributed by atoms with Crippen molar-refractivity contribution in [2.24, 2.45) is 0 Å². The average Bonchev–Trinajstić information content (AvgIpc) is 3.39. The van der Waals surface area contributed by atoms with Gasteiger partial charge in [0.1, 0.15) is 6.04 Å². The number of hydrogen-bond acceptors (Lipinski definition) is 6. The van der Waals surface area contributed by atoms with Gasteiger partial charge in [0.2, 0.25) is 21.8 Å². The third-order valence-corrected chi connectivity index (χ3v) is 7.38. The molecule has 11 heteroatoms. The van der Waals surface area contributed by atoms with Gasteiger partial charge in [-0.05, 0) is 61.4 Å². The summed E-state index contributed by atoms with van der Waals surface area (Å²) >= 11 is 9.20. The first kappa shape index (κ1) is 21.0. The van der Waals surface area contributed by atoms with Crippen LogP contribution in [-0.2, 0) is 14.8 Å². The maximum atomic E-state index is 13.0. The lowest BCUT2D eigenvalue weighted by Crippen LogP contribution is -2.43. The molecule has 1 fully saturated rings. The van der Waals surface area contributed by atoms with E-state index in [1.807, 2.05) is 12.1 Å². The van der Waals surface area contributed by atoms with Crippen molar-refractivity contribution in [1.82, 2.24) is 14.5 Å². The second-order valence-electron chi connectivity index (χ2n) is 6.64. The second kappa shape index (κ2) is 8.46. The topological polar surface area (TPSA) is 105 Å². The Morgan fingerprint density at radius 2 is 1.83 bits per heavy atom. The van der Waals surface area contributed by atoms with Crippen LogP contribution in [0.25, 0.3) is 11.5 Å². The van der Waals surface area contributed by atoms with E-state index in [4.69, 9.17) is 16.0 Å². The summed E-state index contributed by atoms with van der Waals surface area (Å²) < 4.78 is 33.6. The molecule has 0 aliphatic carbocycles. The molecule has 1 N–H and O–H groups in total. The Bertz CT molecular complexity index is 1170. The Labute approximate surface area is 186 Å². The summed E-state index contributed by atoms with van der Waals surface area (Å²) in [5.41, 5.74) is 0.694. The van der Waals surface area contributed by atoms with Crippen LogP contribution in [0, 0.1) is 0 Å². The molecule has 30 heavy (non-hydrogen) atoms. The second-order valence-corrected chi connectivity index (χ2v) is 9.88. The van der Waals surface area contributed by atoms with Crippen LogP contribution in [0.3, 0.4) is 0 Å². The quantitative estimate of drug-likeness (QED) is 0.556.